The summed E-state index contributed by atoms with van der Waals surface area (Å²) in [4.78, 5) is 40.0. The van der Waals surface area contributed by atoms with Gasteiger partial charge in [-0.2, -0.15) is 0 Å². The van der Waals surface area contributed by atoms with Gasteiger partial charge >= 0.3 is 6.03 Å². The smallest absolute Gasteiger partial charge is 0.340 e. The Bertz CT molecular complexity index is 1280. The molecule has 0 spiro atoms. The molecule has 176 valence electrons. The number of carbonyl (C=O) groups excluding carboxylic acids is 2. The van der Waals surface area contributed by atoms with Gasteiger partial charge in [-0.1, -0.05) is 6.07 Å². The second-order valence-corrected chi connectivity index (χ2v) is 8.83. The van der Waals surface area contributed by atoms with E-state index in [1.165, 1.54) is 6.42 Å². The standard InChI is InChI=1S/C24H25N5O5/c1-32-16-6-5-15-13-29(22(30)17(15)11-16)24(14-33-27-23(31)26-24)20-12-18-19(34-20)7-8-21(25-18)28-9-3-2-4-10-28/h5-8,11-12H,2-4,9-10,13-14H2,1H3,(H2,26,27,31)/t24-/m0/s1. The van der Waals surface area contributed by atoms with Gasteiger partial charge in [-0.3, -0.25) is 9.63 Å². The lowest BCUT2D eigenvalue weighted by Gasteiger charge is -2.42. The number of nitrogens with one attached hydrogen (secondary N) is 2. The van der Waals surface area contributed by atoms with Gasteiger partial charge in [-0.05, 0) is 49.1 Å². The van der Waals surface area contributed by atoms with Gasteiger partial charge in [0.05, 0.1) is 7.11 Å². The van der Waals surface area contributed by atoms with Gasteiger partial charge in [0, 0.05) is 31.3 Å². The Labute approximate surface area is 195 Å². The van der Waals surface area contributed by atoms with E-state index in [9.17, 15) is 9.59 Å². The summed E-state index contributed by atoms with van der Waals surface area (Å²) in [6, 6.07) is 10.4. The second-order valence-electron chi connectivity index (χ2n) is 8.83. The number of anilines is 1. The van der Waals surface area contributed by atoms with Crippen LogP contribution in [-0.2, 0) is 17.0 Å². The molecule has 0 saturated carbocycles. The minimum absolute atomic E-state index is 0.0333. The summed E-state index contributed by atoms with van der Waals surface area (Å²) < 4.78 is 11.5. The summed E-state index contributed by atoms with van der Waals surface area (Å²) >= 11 is 0. The van der Waals surface area contributed by atoms with Crippen LogP contribution < -0.4 is 20.4 Å². The summed E-state index contributed by atoms with van der Waals surface area (Å²) in [5.41, 5.74) is 3.56. The maximum absolute atomic E-state index is 13.5. The minimum Gasteiger partial charge on any atom is -0.497 e. The quantitative estimate of drug-likeness (QED) is 0.612. The largest absolute Gasteiger partial charge is 0.497 e. The Balaban J connectivity index is 1.41. The third kappa shape index (κ3) is 3.25. The van der Waals surface area contributed by atoms with Gasteiger partial charge in [0.1, 0.15) is 23.7 Å². The molecule has 3 aromatic rings. The van der Waals surface area contributed by atoms with Crippen LogP contribution in [0.3, 0.4) is 0 Å². The maximum atomic E-state index is 13.5. The number of hydroxylamine groups is 1. The molecule has 0 aliphatic carbocycles. The number of fused-ring (bicyclic) bond motifs is 2. The summed E-state index contributed by atoms with van der Waals surface area (Å²) in [5.74, 6) is 1.62. The second kappa shape index (κ2) is 7.91. The Kier molecular flexibility index (Phi) is 4.84. The van der Waals surface area contributed by atoms with E-state index in [2.05, 4.69) is 15.7 Å². The van der Waals surface area contributed by atoms with Crippen molar-refractivity contribution in [2.24, 2.45) is 0 Å². The first kappa shape index (κ1) is 20.8. The minimum atomic E-state index is -1.34. The molecule has 3 aliphatic heterocycles. The highest BCUT2D eigenvalue weighted by Gasteiger charge is 2.51. The zero-order valence-electron chi connectivity index (χ0n) is 18.8. The summed E-state index contributed by atoms with van der Waals surface area (Å²) in [6.45, 7) is 2.21. The van der Waals surface area contributed by atoms with Gasteiger partial charge in [0.25, 0.3) is 5.91 Å². The van der Waals surface area contributed by atoms with Crippen LogP contribution in [0, 0.1) is 0 Å². The number of amides is 3. The van der Waals surface area contributed by atoms with E-state index in [0.717, 1.165) is 37.3 Å². The van der Waals surface area contributed by atoms with Crippen molar-refractivity contribution in [1.29, 1.82) is 0 Å². The average Bonchev–Trinajstić information content (AvgIpc) is 3.45. The molecule has 3 aliphatic rings. The van der Waals surface area contributed by atoms with Crippen molar-refractivity contribution in [1.82, 2.24) is 20.7 Å². The van der Waals surface area contributed by atoms with Crippen LogP contribution in [0.5, 0.6) is 5.75 Å². The van der Waals surface area contributed by atoms with Crippen molar-refractivity contribution in [2.45, 2.75) is 31.5 Å². The molecular weight excluding hydrogens is 438 g/mol. The molecule has 34 heavy (non-hydrogen) atoms. The number of rotatable bonds is 4. The lowest BCUT2D eigenvalue weighted by atomic mass is 10.1. The number of hydrogen-bond acceptors (Lipinski definition) is 7. The molecule has 1 aromatic carbocycles. The predicted octanol–water partition coefficient (Wildman–Crippen LogP) is 2.88. The molecule has 3 amide bonds. The Morgan fingerprint density at radius 1 is 1.09 bits per heavy atom. The number of pyridine rings is 1. The molecule has 0 radical (unpaired) electrons. The predicted molar refractivity (Wildman–Crippen MR) is 122 cm³/mol. The fourth-order valence-corrected chi connectivity index (χ4v) is 5.00. The van der Waals surface area contributed by atoms with Crippen LogP contribution >= 0.6 is 0 Å². The average molecular weight is 463 g/mol. The molecule has 10 heteroatoms. The van der Waals surface area contributed by atoms with E-state index < -0.39 is 11.7 Å². The Hall–Kier alpha value is -3.79. The van der Waals surface area contributed by atoms with Crippen LogP contribution in [0.25, 0.3) is 11.1 Å². The highest BCUT2D eigenvalue weighted by Crippen LogP contribution is 2.39. The number of nitrogens with zero attached hydrogens (tertiary/aromatic N) is 3. The van der Waals surface area contributed by atoms with Crippen molar-refractivity contribution in [2.75, 3.05) is 31.7 Å². The molecule has 6 rings (SSSR count). The third-order valence-corrected chi connectivity index (χ3v) is 6.79. The van der Waals surface area contributed by atoms with Crippen LogP contribution in [-0.4, -0.2) is 48.6 Å². The monoisotopic (exact) mass is 463 g/mol. The number of urea groups is 1. The lowest BCUT2D eigenvalue weighted by Crippen LogP contribution is -2.66. The summed E-state index contributed by atoms with van der Waals surface area (Å²) in [5, 5.41) is 2.89. The van der Waals surface area contributed by atoms with Crippen LogP contribution in [0.2, 0.25) is 0 Å². The molecule has 2 aromatic heterocycles. The van der Waals surface area contributed by atoms with Crippen LogP contribution in [0.4, 0.5) is 10.6 Å². The normalized spacial score (nSPS) is 22.5. The van der Waals surface area contributed by atoms with Crippen molar-refractivity contribution in [3.63, 3.8) is 0 Å². The van der Waals surface area contributed by atoms with E-state index in [1.807, 2.05) is 24.3 Å². The first-order valence-corrected chi connectivity index (χ1v) is 11.4. The highest BCUT2D eigenvalue weighted by molar-refractivity contribution is 5.99. The topological polar surface area (TPSA) is 109 Å². The van der Waals surface area contributed by atoms with Crippen LogP contribution in [0.15, 0.2) is 40.8 Å². The molecule has 2 N–H and O–H groups in total. The van der Waals surface area contributed by atoms with Gasteiger partial charge in [0.2, 0.25) is 5.66 Å². The van der Waals surface area contributed by atoms with E-state index >= 15 is 0 Å². The number of aromatic nitrogens is 1. The molecule has 2 saturated heterocycles. The number of hydrogen-bond donors (Lipinski definition) is 2. The first-order chi connectivity index (χ1) is 16.6. The van der Waals surface area contributed by atoms with Crippen LogP contribution in [0.1, 0.15) is 40.9 Å². The maximum Gasteiger partial charge on any atom is 0.340 e. The van der Waals surface area contributed by atoms with Gasteiger partial charge in [-0.15, -0.1) is 0 Å². The van der Waals surface area contributed by atoms with E-state index in [1.54, 1.807) is 24.1 Å². The number of methoxy groups -OCH3 is 1. The van der Waals surface area contributed by atoms with Gasteiger partial charge < -0.3 is 24.3 Å². The number of benzene rings is 1. The Morgan fingerprint density at radius 2 is 1.94 bits per heavy atom. The fraction of sp³-hybridized carbons (Fsp3) is 0.375. The van der Waals surface area contributed by atoms with Gasteiger partial charge in [0.15, 0.2) is 11.3 Å². The van der Waals surface area contributed by atoms with E-state index in [4.69, 9.17) is 19.0 Å². The van der Waals surface area contributed by atoms with Crippen molar-refractivity contribution < 1.29 is 23.6 Å². The molecule has 10 nitrogen and oxygen atoms in total. The molecule has 2 fully saturated rings. The summed E-state index contributed by atoms with van der Waals surface area (Å²) in [6.07, 6.45) is 3.54. The zero-order chi connectivity index (χ0) is 23.3. The Morgan fingerprint density at radius 3 is 2.74 bits per heavy atom. The third-order valence-electron chi connectivity index (χ3n) is 6.79. The van der Waals surface area contributed by atoms with E-state index in [-0.39, 0.29) is 19.1 Å². The SMILES string of the molecule is COc1ccc2c(c1)C(=O)N([C@]1(c3cc4nc(N5CCCCC5)ccc4o3)CONC(=O)N1)C2. The molecule has 1 atom stereocenters. The number of ether oxygens (including phenoxy) is 1. The molecule has 0 bridgehead atoms. The molecule has 5 heterocycles. The van der Waals surface area contributed by atoms with E-state index in [0.29, 0.717) is 28.2 Å². The number of piperidine rings is 1. The van der Waals surface area contributed by atoms with Crippen molar-refractivity contribution >= 4 is 28.9 Å². The highest BCUT2D eigenvalue weighted by atomic mass is 16.7. The zero-order valence-corrected chi connectivity index (χ0v) is 18.8. The number of carbonyl (C=O) groups is 2. The summed E-state index contributed by atoms with van der Waals surface area (Å²) in [7, 11) is 1.56. The lowest BCUT2D eigenvalue weighted by molar-refractivity contribution is -0.0769. The fourth-order valence-electron chi connectivity index (χ4n) is 5.00. The molecular formula is C24H25N5O5. The first-order valence-electron chi connectivity index (χ1n) is 11.4. The van der Waals surface area contributed by atoms with Crippen molar-refractivity contribution in [3.8, 4) is 5.75 Å². The molecule has 0 unspecified atom stereocenters. The van der Waals surface area contributed by atoms with Crippen molar-refractivity contribution in [3.05, 3.63) is 53.3 Å². The van der Waals surface area contributed by atoms with Gasteiger partial charge in [-0.25, -0.2) is 15.3 Å². The number of furan rings is 1.